The van der Waals surface area contributed by atoms with Gasteiger partial charge >= 0.3 is 0 Å². The Balaban J connectivity index is 1.98. The van der Waals surface area contributed by atoms with Crippen LogP contribution in [0, 0.1) is 0 Å². The SMILES string of the molecule is CCCC(CSc1nc2ccccc2o1)NC. The summed E-state index contributed by atoms with van der Waals surface area (Å²) in [7, 11) is 2.01. The van der Waals surface area contributed by atoms with Crippen molar-refractivity contribution < 1.29 is 4.42 Å². The number of thioether (sulfide) groups is 1. The summed E-state index contributed by atoms with van der Waals surface area (Å²) < 4.78 is 5.67. The van der Waals surface area contributed by atoms with Crippen LogP contribution in [0.5, 0.6) is 0 Å². The number of nitrogens with one attached hydrogen (secondary N) is 1. The first-order valence-electron chi connectivity index (χ1n) is 5.99. The Morgan fingerprint density at radius 1 is 1.41 bits per heavy atom. The van der Waals surface area contributed by atoms with E-state index in [1.54, 1.807) is 11.8 Å². The normalized spacial score (nSPS) is 13.1. The first-order chi connectivity index (χ1) is 8.33. The van der Waals surface area contributed by atoms with E-state index in [4.69, 9.17) is 4.42 Å². The predicted octanol–water partition coefficient (Wildman–Crippen LogP) is 3.31. The van der Waals surface area contributed by atoms with Gasteiger partial charge in [-0.15, -0.1) is 0 Å². The molecule has 92 valence electrons. The van der Waals surface area contributed by atoms with Gasteiger partial charge in [-0.2, -0.15) is 0 Å². The molecule has 0 fully saturated rings. The molecule has 0 bridgehead atoms. The smallest absolute Gasteiger partial charge is 0.256 e. The zero-order chi connectivity index (χ0) is 12.1. The van der Waals surface area contributed by atoms with E-state index in [0.29, 0.717) is 6.04 Å². The largest absolute Gasteiger partial charge is 0.431 e. The molecule has 17 heavy (non-hydrogen) atoms. The zero-order valence-corrected chi connectivity index (χ0v) is 11.1. The summed E-state index contributed by atoms with van der Waals surface area (Å²) in [4.78, 5) is 4.45. The number of rotatable bonds is 6. The van der Waals surface area contributed by atoms with Crippen LogP contribution in [-0.4, -0.2) is 23.8 Å². The van der Waals surface area contributed by atoms with Crippen LogP contribution in [0.3, 0.4) is 0 Å². The van der Waals surface area contributed by atoms with Gasteiger partial charge in [-0.3, -0.25) is 0 Å². The molecule has 0 aliphatic carbocycles. The first kappa shape index (κ1) is 12.5. The minimum Gasteiger partial charge on any atom is -0.431 e. The lowest BCUT2D eigenvalue weighted by atomic mass is 10.2. The highest BCUT2D eigenvalue weighted by Gasteiger charge is 2.09. The highest BCUT2D eigenvalue weighted by molar-refractivity contribution is 7.99. The molecule has 1 aromatic heterocycles. The van der Waals surface area contributed by atoms with Crippen LogP contribution in [0.1, 0.15) is 19.8 Å². The molecule has 2 rings (SSSR count). The van der Waals surface area contributed by atoms with Gasteiger partial charge in [0, 0.05) is 11.8 Å². The fraction of sp³-hybridized carbons (Fsp3) is 0.462. The van der Waals surface area contributed by atoms with Crippen LogP contribution >= 0.6 is 11.8 Å². The third-order valence-corrected chi connectivity index (χ3v) is 3.72. The van der Waals surface area contributed by atoms with Crippen molar-refractivity contribution in [2.75, 3.05) is 12.8 Å². The molecule has 0 amide bonds. The maximum absolute atomic E-state index is 5.67. The molecule has 0 aliphatic heterocycles. The highest BCUT2D eigenvalue weighted by atomic mass is 32.2. The molecule has 1 unspecified atom stereocenters. The molecule has 3 nitrogen and oxygen atoms in total. The summed E-state index contributed by atoms with van der Waals surface area (Å²) in [6, 6.07) is 8.40. The molecular formula is C13H18N2OS. The number of aromatic nitrogens is 1. The number of nitrogens with zero attached hydrogens (tertiary/aromatic N) is 1. The standard InChI is InChI=1S/C13H18N2OS/c1-3-6-10(14-2)9-17-13-15-11-7-4-5-8-12(11)16-13/h4-5,7-8,10,14H,3,6,9H2,1-2H3. The van der Waals surface area contributed by atoms with Crippen LogP contribution < -0.4 is 5.32 Å². The van der Waals surface area contributed by atoms with Crippen LogP contribution in [0.4, 0.5) is 0 Å². The van der Waals surface area contributed by atoms with E-state index in [9.17, 15) is 0 Å². The summed E-state index contributed by atoms with van der Waals surface area (Å²) in [6.45, 7) is 2.20. The van der Waals surface area contributed by atoms with Gasteiger partial charge in [-0.05, 0) is 25.6 Å². The minimum absolute atomic E-state index is 0.528. The van der Waals surface area contributed by atoms with Crippen molar-refractivity contribution in [1.82, 2.24) is 10.3 Å². The fourth-order valence-corrected chi connectivity index (χ4v) is 2.73. The summed E-state index contributed by atoms with van der Waals surface area (Å²) in [6.07, 6.45) is 2.38. The molecule has 1 N–H and O–H groups in total. The highest BCUT2D eigenvalue weighted by Crippen LogP contribution is 2.24. The van der Waals surface area contributed by atoms with E-state index in [1.807, 2.05) is 31.3 Å². The summed E-state index contributed by atoms with van der Waals surface area (Å²) >= 11 is 1.68. The van der Waals surface area contributed by atoms with Crippen LogP contribution in [-0.2, 0) is 0 Å². The quantitative estimate of drug-likeness (QED) is 0.798. The number of hydrogen-bond acceptors (Lipinski definition) is 4. The molecule has 1 aromatic carbocycles. The number of benzene rings is 1. The second-order valence-corrected chi connectivity index (χ2v) is 5.00. The van der Waals surface area contributed by atoms with Crippen molar-refractivity contribution in [3.8, 4) is 0 Å². The summed E-state index contributed by atoms with van der Waals surface area (Å²) in [5, 5.41) is 4.08. The average Bonchev–Trinajstić information content (AvgIpc) is 2.77. The summed E-state index contributed by atoms with van der Waals surface area (Å²) in [5.74, 6) is 0.997. The van der Waals surface area contributed by atoms with Crippen LogP contribution in [0.15, 0.2) is 33.9 Å². The lowest BCUT2D eigenvalue weighted by molar-refractivity contribution is 0.487. The topological polar surface area (TPSA) is 38.1 Å². The second-order valence-electron chi connectivity index (χ2n) is 4.03. The van der Waals surface area contributed by atoms with Gasteiger partial charge in [0.2, 0.25) is 0 Å². The minimum atomic E-state index is 0.528. The maximum Gasteiger partial charge on any atom is 0.256 e. The van der Waals surface area contributed by atoms with E-state index >= 15 is 0 Å². The number of oxazole rings is 1. The summed E-state index contributed by atoms with van der Waals surface area (Å²) in [5.41, 5.74) is 1.80. The number of para-hydroxylation sites is 2. The third-order valence-electron chi connectivity index (χ3n) is 2.73. The Morgan fingerprint density at radius 3 is 2.94 bits per heavy atom. The van der Waals surface area contributed by atoms with Gasteiger partial charge in [-0.25, -0.2) is 4.98 Å². The Morgan fingerprint density at radius 2 is 2.24 bits per heavy atom. The van der Waals surface area contributed by atoms with Crippen molar-refractivity contribution in [3.63, 3.8) is 0 Å². The van der Waals surface area contributed by atoms with Crippen LogP contribution in [0.25, 0.3) is 11.1 Å². The Hall–Kier alpha value is -1.00. The number of hydrogen-bond donors (Lipinski definition) is 1. The predicted molar refractivity (Wildman–Crippen MR) is 72.5 cm³/mol. The third kappa shape index (κ3) is 3.23. The molecule has 0 saturated carbocycles. The van der Waals surface area contributed by atoms with Crippen molar-refractivity contribution in [2.45, 2.75) is 31.0 Å². The van der Waals surface area contributed by atoms with E-state index in [1.165, 1.54) is 12.8 Å². The molecule has 1 heterocycles. The molecule has 4 heteroatoms. The molecule has 1 atom stereocenters. The number of fused-ring (bicyclic) bond motifs is 1. The lowest BCUT2D eigenvalue weighted by Gasteiger charge is -2.12. The van der Waals surface area contributed by atoms with Gasteiger partial charge in [0.25, 0.3) is 5.22 Å². The van der Waals surface area contributed by atoms with Crippen molar-refractivity contribution >= 4 is 22.9 Å². The average molecular weight is 250 g/mol. The Kier molecular flexibility index (Phi) is 4.45. The zero-order valence-electron chi connectivity index (χ0n) is 10.3. The molecule has 0 aliphatic rings. The van der Waals surface area contributed by atoms with Gasteiger partial charge in [0.1, 0.15) is 5.52 Å². The lowest BCUT2D eigenvalue weighted by Crippen LogP contribution is -2.27. The fourth-order valence-electron chi connectivity index (χ4n) is 1.74. The molecule has 0 spiro atoms. The van der Waals surface area contributed by atoms with Crippen molar-refractivity contribution in [1.29, 1.82) is 0 Å². The maximum atomic E-state index is 5.67. The van der Waals surface area contributed by atoms with Crippen LogP contribution in [0.2, 0.25) is 0 Å². The van der Waals surface area contributed by atoms with E-state index in [-0.39, 0.29) is 0 Å². The van der Waals surface area contributed by atoms with Crippen molar-refractivity contribution in [3.05, 3.63) is 24.3 Å². The monoisotopic (exact) mass is 250 g/mol. The molecule has 0 saturated heterocycles. The van der Waals surface area contributed by atoms with Gasteiger partial charge < -0.3 is 9.73 Å². The van der Waals surface area contributed by atoms with Crippen molar-refractivity contribution in [2.24, 2.45) is 0 Å². The first-order valence-corrected chi connectivity index (χ1v) is 6.97. The molecule has 0 radical (unpaired) electrons. The van der Waals surface area contributed by atoms with E-state index < -0.39 is 0 Å². The van der Waals surface area contributed by atoms with E-state index in [0.717, 1.165) is 22.1 Å². The second kappa shape index (κ2) is 6.07. The van der Waals surface area contributed by atoms with E-state index in [2.05, 4.69) is 17.2 Å². The van der Waals surface area contributed by atoms with Gasteiger partial charge in [0.05, 0.1) is 0 Å². The van der Waals surface area contributed by atoms with Gasteiger partial charge in [0.15, 0.2) is 5.58 Å². The molecule has 2 aromatic rings. The Labute approximate surface area is 106 Å². The molecular weight excluding hydrogens is 232 g/mol. The Bertz CT molecular complexity index is 436. The van der Waals surface area contributed by atoms with Gasteiger partial charge in [-0.1, -0.05) is 37.2 Å².